The number of amides is 1. The first-order valence-electron chi connectivity index (χ1n) is 11.0. The van der Waals surface area contributed by atoms with E-state index >= 15 is 0 Å². The second-order valence-corrected chi connectivity index (χ2v) is 8.73. The van der Waals surface area contributed by atoms with Crippen LogP contribution in [0.15, 0.2) is 17.1 Å². The molecule has 0 aromatic carbocycles. The van der Waals surface area contributed by atoms with Crippen LogP contribution in [0.4, 0.5) is 5.69 Å². The topological polar surface area (TPSA) is 70.5 Å². The monoisotopic (exact) mass is 387 g/mol. The van der Waals surface area contributed by atoms with Crippen molar-refractivity contribution in [2.24, 2.45) is 11.8 Å². The maximum absolute atomic E-state index is 12.3. The predicted octanol–water partition coefficient (Wildman–Crippen LogP) is 1.47. The van der Waals surface area contributed by atoms with Gasteiger partial charge in [0.1, 0.15) is 0 Å². The van der Waals surface area contributed by atoms with Gasteiger partial charge in [-0.2, -0.15) is 5.10 Å². The van der Waals surface area contributed by atoms with E-state index in [1.807, 2.05) is 6.20 Å². The molecule has 28 heavy (non-hydrogen) atoms. The molecular weight excluding hydrogens is 354 g/mol. The summed E-state index contributed by atoms with van der Waals surface area (Å²) in [6, 6.07) is 1.72. The highest BCUT2D eigenvalue weighted by atomic mass is 16.1. The maximum atomic E-state index is 12.3. The standard InChI is InChI=1S/C21H33N5O2/c27-20(22-7-11-24-8-1-2-9-24)12-18-4-3-10-25(15-18)19-13-21(28)26(23-14-19)16-17-5-6-17/h13-14,17-18H,1-12,15-16H2,(H,22,27). The van der Waals surface area contributed by atoms with Crippen LogP contribution in [0, 0.1) is 11.8 Å². The highest BCUT2D eigenvalue weighted by molar-refractivity contribution is 5.76. The number of carbonyl (C=O) groups is 1. The van der Waals surface area contributed by atoms with Crippen molar-refractivity contribution in [3.63, 3.8) is 0 Å². The van der Waals surface area contributed by atoms with Crippen LogP contribution in [0.1, 0.15) is 44.9 Å². The van der Waals surface area contributed by atoms with Gasteiger partial charge < -0.3 is 15.1 Å². The van der Waals surface area contributed by atoms with Crippen molar-refractivity contribution in [3.05, 3.63) is 22.6 Å². The molecule has 1 aliphatic carbocycles. The van der Waals surface area contributed by atoms with Crippen LogP contribution in [-0.2, 0) is 11.3 Å². The smallest absolute Gasteiger partial charge is 0.268 e. The molecule has 2 aliphatic heterocycles. The normalized spacial score (nSPS) is 23.1. The van der Waals surface area contributed by atoms with Crippen molar-refractivity contribution in [3.8, 4) is 0 Å². The quantitative estimate of drug-likeness (QED) is 0.732. The Labute approximate surface area is 167 Å². The van der Waals surface area contributed by atoms with Gasteiger partial charge in [-0.1, -0.05) is 0 Å². The van der Waals surface area contributed by atoms with E-state index in [4.69, 9.17) is 0 Å². The Hall–Kier alpha value is -1.89. The summed E-state index contributed by atoms with van der Waals surface area (Å²) < 4.78 is 1.59. The van der Waals surface area contributed by atoms with Crippen molar-refractivity contribution < 1.29 is 4.79 Å². The summed E-state index contributed by atoms with van der Waals surface area (Å²) in [5, 5.41) is 7.46. The van der Waals surface area contributed by atoms with Gasteiger partial charge in [-0.3, -0.25) is 9.59 Å². The number of piperidine rings is 1. The third-order valence-electron chi connectivity index (χ3n) is 6.29. The van der Waals surface area contributed by atoms with Gasteiger partial charge >= 0.3 is 0 Å². The fraction of sp³-hybridized carbons (Fsp3) is 0.762. The van der Waals surface area contributed by atoms with Gasteiger partial charge in [-0.05, 0) is 63.5 Å². The average Bonchev–Trinajstić information content (AvgIpc) is 3.35. The molecule has 2 saturated heterocycles. The third-order valence-corrected chi connectivity index (χ3v) is 6.29. The molecule has 3 heterocycles. The van der Waals surface area contributed by atoms with Gasteiger partial charge in [0, 0.05) is 45.2 Å². The van der Waals surface area contributed by atoms with Crippen LogP contribution < -0.4 is 15.8 Å². The molecule has 1 amide bonds. The van der Waals surface area contributed by atoms with Gasteiger partial charge in [0.15, 0.2) is 0 Å². The Morgan fingerprint density at radius 3 is 2.68 bits per heavy atom. The molecule has 0 bridgehead atoms. The Morgan fingerprint density at radius 2 is 1.93 bits per heavy atom. The largest absolute Gasteiger partial charge is 0.370 e. The first kappa shape index (κ1) is 19.4. The number of rotatable bonds is 8. The lowest BCUT2D eigenvalue weighted by molar-refractivity contribution is -0.122. The highest BCUT2D eigenvalue weighted by Crippen LogP contribution is 2.30. The SMILES string of the molecule is O=C(CC1CCCN(c2cnn(CC3CC3)c(=O)c2)C1)NCCN1CCCC1. The van der Waals surface area contributed by atoms with Crippen molar-refractivity contribution in [2.45, 2.75) is 51.5 Å². The maximum Gasteiger partial charge on any atom is 0.268 e. The number of nitrogens with zero attached hydrogens (tertiary/aromatic N) is 4. The Kier molecular flexibility index (Phi) is 6.29. The Bertz CT molecular complexity index is 724. The molecule has 7 nitrogen and oxygen atoms in total. The molecule has 1 aromatic rings. The number of hydrogen-bond acceptors (Lipinski definition) is 5. The molecule has 1 saturated carbocycles. The second-order valence-electron chi connectivity index (χ2n) is 8.73. The van der Waals surface area contributed by atoms with E-state index in [2.05, 4.69) is 20.2 Å². The summed E-state index contributed by atoms with van der Waals surface area (Å²) in [4.78, 5) is 29.3. The molecular formula is C21H33N5O2. The molecule has 1 unspecified atom stereocenters. The molecule has 3 fully saturated rings. The molecule has 3 aliphatic rings. The highest BCUT2D eigenvalue weighted by Gasteiger charge is 2.25. The number of anilines is 1. The van der Waals surface area contributed by atoms with Gasteiger partial charge in [0.25, 0.3) is 5.56 Å². The van der Waals surface area contributed by atoms with Crippen LogP contribution in [-0.4, -0.2) is 59.9 Å². The zero-order valence-corrected chi connectivity index (χ0v) is 16.8. The minimum absolute atomic E-state index is 0.00817. The first-order valence-corrected chi connectivity index (χ1v) is 11.0. The molecule has 1 aromatic heterocycles. The van der Waals surface area contributed by atoms with E-state index in [0.29, 0.717) is 18.3 Å². The van der Waals surface area contributed by atoms with Crippen LogP contribution in [0.25, 0.3) is 0 Å². The molecule has 0 spiro atoms. The number of nitrogens with one attached hydrogen (secondary N) is 1. The lowest BCUT2D eigenvalue weighted by Gasteiger charge is -2.34. The summed E-state index contributed by atoms with van der Waals surface area (Å²) in [5.41, 5.74) is 0.891. The molecule has 154 valence electrons. The second kappa shape index (κ2) is 9.07. The van der Waals surface area contributed by atoms with Crippen molar-refractivity contribution in [1.29, 1.82) is 0 Å². The predicted molar refractivity (Wildman–Crippen MR) is 109 cm³/mol. The van der Waals surface area contributed by atoms with Crippen LogP contribution in [0.2, 0.25) is 0 Å². The molecule has 1 atom stereocenters. The van der Waals surface area contributed by atoms with Gasteiger partial charge in [0.2, 0.25) is 5.91 Å². The Morgan fingerprint density at radius 1 is 1.11 bits per heavy atom. The molecule has 0 radical (unpaired) electrons. The van der Waals surface area contributed by atoms with Crippen LogP contribution in [0.3, 0.4) is 0 Å². The fourth-order valence-corrected chi connectivity index (χ4v) is 4.44. The number of aromatic nitrogens is 2. The molecule has 1 N–H and O–H groups in total. The van der Waals surface area contributed by atoms with E-state index < -0.39 is 0 Å². The Balaban J connectivity index is 1.24. The van der Waals surface area contributed by atoms with E-state index in [0.717, 1.165) is 51.3 Å². The zero-order chi connectivity index (χ0) is 19.3. The van der Waals surface area contributed by atoms with Crippen molar-refractivity contribution in [1.82, 2.24) is 20.0 Å². The fourth-order valence-electron chi connectivity index (χ4n) is 4.44. The van der Waals surface area contributed by atoms with Gasteiger partial charge in [-0.25, -0.2) is 4.68 Å². The van der Waals surface area contributed by atoms with Crippen LogP contribution >= 0.6 is 0 Å². The third kappa shape index (κ3) is 5.34. The van der Waals surface area contributed by atoms with Gasteiger partial charge in [-0.15, -0.1) is 0 Å². The van der Waals surface area contributed by atoms with E-state index in [1.54, 1.807) is 10.7 Å². The minimum atomic E-state index is -0.00817. The van der Waals surface area contributed by atoms with Crippen molar-refractivity contribution in [2.75, 3.05) is 44.2 Å². The number of hydrogen-bond donors (Lipinski definition) is 1. The van der Waals surface area contributed by atoms with Crippen molar-refractivity contribution >= 4 is 11.6 Å². The van der Waals surface area contributed by atoms with E-state index in [9.17, 15) is 9.59 Å². The lowest BCUT2D eigenvalue weighted by Crippen LogP contribution is -2.40. The number of carbonyl (C=O) groups excluding carboxylic acids is 1. The van der Waals surface area contributed by atoms with E-state index in [1.165, 1.54) is 38.8 Å². The molecule has 4 rings (SSSR count). The lowest BCUT2D eigenvalue weighted by atomic mass is 9.94. The van der Waals surface area contributed by atoms with Crippen LogP contribution in [0.5, 0.6) is 0 Å². The average molecular weight is 388 g/mol. The summed E-state index contributed by atoms with van der Waals surface area (Å²) in [7, 11) is 0. The summed E-state index contributed by atoms with van der Waals surface area (Å²) in [6.07, 6.45) is 9.51. The summed E-state index contributed by atoms with van der Waals surface area (Å²) in [5.74, 6) is 1.14. The summed E-state index contributed by atoms with van der Waals surface area (Å²) >= 11 is 0. The summed E-state index contributed by atoms with van der Waals surface area (Å²) in [6.45, 7) is 6.55. The number of likely N-dealkylation sites (tertiary alicyclic amines) is 1. The zero-order valence-electron chi connectivity index (χ0n) is 16.8. The van der Waals surface area contributed by atoms with E-state index in [-0.39, 0.29) is 11.5 Å². The molecule has 7 heteroatoms. The minimum Gasteiger partial charge on any atom is -0.370 e. The van der Waals surface area contributed by atoms with Gasteiger partial charge in [0.05, 0.1) is 11.9 Å². The first-order chi connectivity index (χ1) is 13.7.